The SMILES string of the molecule is COC(=O)C(=Cc1ccc(F)cc1)Nc1ncc(-c2ccccc2)nc1Cc1ccccc1. The molecule has 6 heteroatoms. The first-order chi connectivity index (χ1) is 16.1. The van der Waals surface area contributed by atoms with Crippen molar-refractivity contribution in [2.24, 2.45) is 0 Å². The number of anilines is 1. The monoisotopic (exact) mass is 439 g/mol. The van der Waals surface area contributed by atoms with Crippen LogP contribution in [-0.4, -0.2) is 23.0 Å². The molecule has 1 N–H and O–H groups in total. The minimum Gasteiger partial charge on any atom is -0.464 e. The molecular weight excluding hydrogens is 417 g/mol. The molecule has 164 valence electrons. The molecule has 33 heavy (non-hydrogen) atoms. The molecule has 1 aromatic heterocycles. The second-order valence-corrected chi connectivity index (χ2v) is 7.31. The number of carbonyl (C=O) groups excluding carboxylic acids is 1. The molecule has 5 nitrogen and oxygen atoms in total. The summed E-state index contributed by atoms with van der Waals surface area (Å²) in [5, 5.41) is 3.08. The molecule has 1 heterocycles. The van der Waals surface area contributed by atoms with Gasteiger partial charge in [-0.3, -0.25) is 0 Å². The highest BCUT2D eigenvalue weighted by Crippen LogP contribution is 2.23. The van der Waals surface area contributed by atoms with Crippen molar-refractivity contribution < 1.29 is 13.9 Å². The van der Waals surface area contributed by atoms with Crippen LogP contribution in [-0.2, 0) is 16.0 Å². The summed E-state index contributed by atoms with van der Waals surface area (Å²) in [6.07, 6.45) is 3.77. The fourth-order valence-electron chi connectivity index (χ4n) is 3.30. The van der Waals surface area contributed by atoms with E-state index in [-0.39, 0.29) is 11.5 Å². The van der Waals surface area contributed by atoms with Gasteiger partial charge in [-0.1, -0.05) is 72.8 Å². The van der Waals surface area contributed by atoms with Crippen LogP contribution >= 0.6 is 0 Å². The van der Waals surface area contributed by atoms with E-state index in [9.17, 15) is 9.18 Å². The van der Waals surface area contributed by atoms with E-state index < -0.39 is 5.97 Å². The predicted molar refractivity (Wildman–Crippen MR) is 127 cm³/mol. The average Bonchev–Trinajstić information content (AvgIpc) is 2.86. The Morgan fingerprint density at radius 1 is 0.970 bits per heavy atom. The molecular formula is C27H22FN3O2. The molecule has 0 aliphatic heterocycles. The molecule has 0 aliphatic rings. The molecule has 0 amide bonds. The van der Waals surface area contributed by atoms with Crippen molar-refractivity contribution in [3.63, 3.8) is 0 Å². The van der Waals surface area contributed by atoms with Crippen LogP contribution in [0.4, 0.5) is 10.2 Å². The van der Waals surface area contributed by atoms with Crippen molar-refractivity contribution in [1.29, 1.82) is 0 Å². The number of benzene rings is 3. The number of aromatic nitrogens is 2. The number of carbonyl (C=O) groups is 1. The van der Waals surface area contributed by atoms with Gasteiger partial charge in [0.15, 0.2) is 5.82 Å². The average molecular weight is 439 g/mol. The molecule has 0 saturated carbocycles. The van der Waals surface area contributed by atoms with Crippen molar-refractivity contribution in [3.8, 4) is 11.3 Å². The number of nitrogens with one attached hydrogen (secondary N) is 1. The molecule has 4 aromatic rings. The highest BCUT2D eigenvalue weighted by atomic mass is 19.1. The largest absolute Gasteiger partial charge is 0.464 e. The van der Waals surface area contributed by atoms with E-state index in [0.717, 1.165) is 16.8 Å². The van der Waals surface area contributed by atoms with Crippen LogP contribution in [0.3, 0.4) is 0 Å². The van der Waals surface area contributed by atoms with Crippen molar-refractivity contribution in [3.05, 3.63) is 119 Å². The first-order valence-corrected chi connectivity index (χ1v) is 10.4. The van der Waals surface area contributed by atoms with Crippen molar-refractivity contribution in [1.82, 2.24) is 9.97 Å². The van der Waals surface area contributed by atoms with E-state index in [1.165, 1.54) is 19.2 Å². The highest BCUT2D eigenvalue weighted by Gasteiger charge is 2.16. The Hall–Kier alpha value is -4.32. The third-order valence-electron chi connectivity index (χ3n) is 4.97. The fourth-order valence-corrected chi connectivity index (χ4v) is 3.30. The van der Waals surface area contributed by atoms with Crippen LogP contribution in [0.25, 0.3) is 17.3 Å². The number of esters is 1. The quantitative estimate of drug-likeness (QED) is 0.304. The van der Waals surface area contributed by atoms with Gasteiger partial charge in [-0.25, -0.2) is 19.2 Å². The Kier molecular flexibility index (Phi) is 6.85. The van der Waals surface area contributed by atoms with E-state index >= 15 is 0 Å². The molecule has 0 atom stereocenters. The van der Waals surface area contributed by atoms with Crippen LogP contribution in [0.15, 0.2) is 96.8 Å². The van der Waals surface area contributed by atoms with Gasteiger partial charge in [-0.2, -0.15) is 0 Å². The minimum absolute atomic E-state index is 0.167. The molecule has 0 bridgehead atoms. The number of hydrogen-bond acceptors (Lipinski definition) is 5. The minimum atomic E-state index is -0.570. The maximum Gasteiger partial charge on any atom is 0.354 e. The van der Waals surface area contributed by atoms with Gasteiger partial charge in [0, 0.05) is 12.0 Å². The van der Waals surface area contributed by atoms with Gasteiger partial charge in [0.1, 0.15) is 11.5 Å². The van der Waals surface area contributed by atoms with Crippen LogP contribution in [0.5, 0.6) is 0 Å². The molecule has 0 radical (unpaired) electrons. The summed E-state index contributed by atoms with van der Waals surface area (Å²) in [4.78, 5) is 21.9. The fraction of sp³-hybridized carbons (Fsp3) is 0.0741. The van der Waals surface area contributed by atoms with Gasteiger partial charge in [0.2, 0.25) is 0 Å². The normalized spacial score (nSPS) is 11.2. The lowest BCUT2D eigenvalue weighted by Crippen LogP contribution is -2.16. The number of methoxy groups -OCH3 is 1. The van der Waals surface area contributed by atoms with Crippen LogP contribution in [0.2, 0.25) is 0 Å². The van der Waals surface area contributed by atoms with E-state index in [2.05, 4.69) is 10.3 Å². The van der Waals surface area contributed by atoms with Gasteiger partial charge in [-0.15, -0.1) is 0 Å². The summed E-state index contributed by atoms with van der Waals surface area (Å²) in [5.41, 5.74) is 4.22. The Bertz CT molecular complexity index is 1260. The number of ether oxygens (including phenoxy) is 1. The molecule has 0 aliphatic carbocycles. The smallest absolute Gasteiger partial charge is 0.354 e. The zero-order valence-corrected chi connectivity index (χ0v) is 18.0. The lowest BCUT2D eigenvalue weighted by molar-refractivity contribution is -0.135. The molecule has 0 spiro atoms. The van der Waals surface area contributed by atoms with Crippen molar-refractivity contribution in [2.75, 3.05) is 12.4 Å². The number of nitrogens with zero attached hydrogens (tertiary/aromatic N) is 2. The Balaban J connectivity index is 1.73. The van der Waals surface area contributed by atoms with Crippen molar-refractivity contribution >= 4 is 17.9 Å². The third kappa shape index (κ3) is 5.68. The van der Waals surface area contributed by atoms with Crippen LogP contribution in [0.1, 0.15) is 16.8 Å². The second kappa shape index (κ2) is 10.3. The maximum atomic E-state index is 13.3. The van der Waals surface area contributed by atoms with E-state index in [4.69, 9.17) is 9.72 Å². The predicted octanol–water partition coefficient (Wildman–Crippen LogP) is 5.50. The Morgan fingerprint density at radius 2 is 1.64 bits per heavy atom. The molecule has 3 aromatic carbocycles. The number of rotatable bonds is 7. The van der Waals surface area contributed by atoms with E-state index in [0.29, 0.717) is 23.5 Å². The summed E-state index contributed by atoms with van der Waals surface area (Å²) in [7, 11) is 1.30. The molecule has 4 rings (SSSR count). The summed E-state index contributed by atoms with van der Waals surface area (Å²) in [6.45, 7) is 0. The topological polar surface area (TPSA) is 64.1 Å². The number of hydrogen-bond donors (Lipinski definition) is 1. The second-order valence-electron chi connectivity index (χ2n) is 7.31. The summed E-state index contributed by atoms with van der Waals surface area (Å²) >= 11 is 0. The number of halogens is 1. The summed E-state index contributed by atoms with van der Waals surface area (Å²) in [5.74, 6) is -0.483. The van der Waals surface area contributed by atoms with Gasteiger partial charge in [-0.05, 0) is 29.3 Å². The van der Waals surface area contributed by atoms with E-state index in [1.807, 2.05) is 60.7 Å². The summed E-state index contributed by atoms with van der Waals surface area (Å²) < 4.78 is 18.2. The Labute approximate surface area is 191 Å². The molecule has 0 saturated heterocycles. The van der Waals surface area contributed by atoms with Crippen molar-refractivity contribution in [2.45, 2.75) is 6.42 Å². The van der Waals surface area contributed by atoms with Gasteiger partial charge in [0.05, 0.1) is 24.7 Å². The maximum absolute atomic E-state index is 13.3. The summed E-state index contributed by atoms with van der Waals surface area (Å²) in [6, 6.07) is 25.5. The lowest BCUT2D eigenvalue weighted by atomic mass is 10.1. The molecule has 0 unspecified atom stereocenters. The lowest BCUT2D eigenvalue weighted by Gasteiger charge is -2.14. The zero-order valence-electron chi connectivity index (χ0n) is 18.0. The van der Waals surface area contributed by atoms with Gasteiger partial charge < -0.3 is 10.1 Å². The van der Waals surface area contributed by atoms with Gasteiger partial charge >= 0.3 is 5.97 Å². The molecule has 0 fully saturated rings. The van der Waals surface area contributed by atoms with E-state index in [1.54, 1.807) is 24.4 Å². The first kappa shape index (κ1) is 21.9. The van der Waals surface area contributed by atoms with Crippen LogP contribution < -0.4 is 5.32 Å². The Morgan fingerprint density at radius 3 is 2.30 bits per heavy atom. The zero-order chi connectivity index (χ0) is 23.0. The standard InChI is InChI=1S/C27H22FN3O2/c1-33-27(32)24(17-20-12-14-22(28)15-13-20)31-26-23(16-19-8-4-2-5-9-19)30-25(18-29-26)21-10-6-3-7-11-21/h2-15,17-18H,16H2,1H3,(H,29,31). The third-order valence-corrected chi connectivity index (χ3v) is 4.97. The highest BCUT2D eigenvalue weighted by molar-refractivity contribution is 5.96. The van der Waals surface area contributed by atoms with Gasteiger partial charge in [0.25, 0.3) is 0 Å². The first-order valence-electron chi connectivity index (χ1n) is 10.4. The van der Waals surface area contributed by atoms with Crippen LogP contribution in [0, 0.1) is 5.82 Å².